The average molecular weight is 340 g/mol. The van der Waals surface area contributed by atoms with Gasteiger partial charge in [0.1, 0.15) is 11.5 Å². The summed E-state index contributed by atoms with van der Waals surface area (Å²) >= 11 is 0. The van der Waals surface area contributed by atoms with Crippen LogP contribution in [0.5, 0.6) is 11.5 Å². The van der Waals surface area contributed by atoms with E-state index < -0.39 is 0 Å². The van der Waals surface area contributed by atoms with E-state index >= 15 is 0 Å². The standard InChI is InChI=1S/C19H20N2O4/c1-24-13-9-10-17(25-2)15(11-13)19(23)21-16-6-4-3-5-14(16)18(22)20-12-7-8-12/h3-6,9-12H,7-8H2,1-2H3,(H,20,22)(H,21,23). The maximum Gasteiger partial charge on any atom is 0.259 e. The molecule has 0 atom stereocenters. The number of nitrogens with one attached hydrogen (secondary N) is 2. The predicted molar refractivity (Wildman–Crippen MR) is 94.4 cm³/mol. The highest BCUT2D eigenvalue weighted by atomic mass is 16.5. The molecule has 2 amide bonds. The molecule has 0 heterocycles. The summed E-state index contributed by atoms with van der Waals surface area (Å²) in [4.78, 5) is 25.0. The van der Waals surface area contributed by atoms with Gasteiger partial charge in [-0.3, -0.25) is 9.59 Å². The van der Waals surface area contributed by atoms with Crippen molar-refractivity contribution < 1.29 is 19.1 Å². The molecule has 1 fully saturated rings. The number of rotatable bonds is 6. The first-order valence-corrected chi connectivity index (χ1v) is 8.05. The van der Waals surface area contributed by atoms with Gasteiger partial charge in [-0.25, -0.2) is 0 Å². The van der Waals surface area contributed by atoms with Crippen LogP contribution in [0.3, 0.4) is 0 Å². The lowest BCUT2D eigenvalue weighted by molar-refractivity contribution is 0.0952. The Morgan fingerprint density at radius 2 is 1.72 bits per heavy atom. The molecule has 25 heavy (non-hydrogen) atoms. The van der Waals surface area contributed by atoms with Crippen LogP contribution in [-0.4, -0.2) is 32.1 Å². The van der Waals surface area contributed by atoms with Crippen molar-refractivity contribution in [2.45, 2.75) is 18.9 Å². The second kappa shape index (κ2) is 7.25. The largest absolute Gasteiger partial charge is 0.497 e. The van der Waals surface area contributed by atoms with E-state index in [1.165, 1.54) is 14.2 Å². The molecule has 2 aromatic carbocycles. The Bertz CT molecular complexity index is 800. The minimum atomic E-state index is -0.373. The Hall–Kier alpha value is -3.02. The number of carbonyl (C=O) groups is 2. The van der Waals surface area contributed by atoms with Crippen molar-refractivity contribution in [3.63, 3.8) is 0 Å². The quantitative estimate of drug-likeness (QED) is 0.848. The van der Waals surface area contributed by atoms with Crippen LogP contribution in [0.4, 0.5) is 5.69 Å². The predicted octanol–water partition coefficient (Wildman–Crippen LogP) is 2.85. The first kappa shape index (κ1) is 16.8. The van der Waals surface area contributed by atoms with Gasteiger partial charge in [-0.2, -0.15) is 0 Å². The number of amides is 2. The minimum absolute atomic E-state index is 0.184. The molecule has 1 aliphatic carbocycles. The molecule has 3 rings (SSSR count). The lowest BCUT2D eigenvalue weighted by Crippen LogP contribution is -2.27. The zero-order valence-corrected chi connectivity index (χ0v) is 14.2. The maximum atomic E-state index is 12.7. The van der Waals surface area contributed by atoms with Gasteiger partial charge >= 0.3 is 0 Å². The average Bonchev–Trinajstić information content (AvgIpc) is 3.45. The molecule has 0 aromatic heterocycles. The van der Waals surface area contributed by atoms with Gasteiger partial charge in [0.25, 0.3) is 11.8 Å². The Kier molecular flexibility index (Phi) is 4.88. The number of carbonyl (C=O) groups excluding carboxylic acids is 2. The summed E-state index contributed by atoms with van der Waals surface area (Å²) in [7, 11) is 3.02. The number of anilines is 1. The monoisotopic (exact) mass is 340 g/mol. The van der Waals surface area contributed by atoms with Gasteiger partial charge in [-0.05, 0) is 43.2 Å². The highest BCUT2D eigenvalue weighted by molar-refractivity contribution is 6.10. The third-order valence-electron chi connectivity index (χ3n) is 3.98. The van der Waals surface area contributed by atoms with Crippen LogP contribution >= 0.6 is 0 Å². The van der Waals surface area contributed by atoms with Gasteiger partial charge in [0, 0.05) is 6.04 Å². The van der Waals surface area contributed by atoms with Crippen molar-refractivity contribution >= 4 is 17.5 Å². The molecule has 0 radical (unpaired) electrons. The summed E-state index contributed by atoms with van der Waals surface area (Å²) in [5, 5.41) is 5.72. The van der Waals surface area contributed by atoms with Crippen LogP contribution in [0.25, 0.3) is 0 Å². The maximum absolute atomic E-state index is 12.7. The van der Waals surface area contributed by atoms with Crippen molar-refractivity contribution in [2.75, 3.05) is 19.5 Å². The molecule has 0 bridgehead atoms. The van der Waals surface area contributed by atoms with Gasteiger partial charge in [0.05, 0.1) is 31.0 Å². The van der Waals surface area contributed by atoms with E-state index in [9.17, 15) is 9.59 Å². The van der Waals surface area contributed by atoms with E-state index in [-0.39, 0.29) is 17.9 Å². The summed E-state index contributed by atoms with van der Waals surface area (Å²) in [6.45, 7) is 0. The zero-order chi connectivity index (χ0) is 17.8. The fraction of sp³-hybridized carbons (Fsp3) is 0.263. The van der Waals surface area contributed by atoms with Crippen LogP contribution < -0.4 is 20.1 Å². The van der Waals surface area contributed by atoms with Crippen molar-refractivity contribution in [3.05, 3.63) is 53.6 Å². The first-order chi connectivity index (χ1) is 12.1. The van der Waals surface area contributed by atoms with Crippen molar-refractivity contribution in [2.24, 2.45) is 0 Å². The Balaban J connectivity index is 1.85. The SMILES string of the molecule is COc1ccc(OC)c(C(=O)Nc2ccccc2C(=O)NC2CC2)c1. The van der Waals surface area contributed by atoms with Gasteiger partial charge in [-0.15, -0.1) is 0 Å². The molecular weight excluding hydrogens is 320 g/mol. The van der Waals surface area contributed by atoms with E-state index in [1.54, 1.807) is 42.5 Å². The summed E-state index contributed by atoms with van der Waals surface area (Å²) < 4.78 is 10.4. The van der Waals surface area contributed by atoms with Crippen molar-refractivity contribution in [1.82, 2.24) is 5.32 Å². The third kappa shape index (κ3) is 3.91. The number of benzene rings is 2. The molecule has 2 aromatic rings. The molecule has 6 nitrogen and oxygen atoms in total. The Labute approximate surface area is 146 Å². The summed E-state index contributed by atoms with van der Waals surface area (Å²) in [5.74, 6) is 0.419. The Morgan fingerprint density at radius 1 is 0.960 bits per heavy atom. The van der Waals surface area contributed by atoms with Crippen LogP contribution in [0.2, 0.25) is 0 Å². The van der Waals surface area contributed by atoms with Crippen LogP contribution in [0.15, 0.2) is 42.5 Å². The Morgan fingerprint density at radius 3 is 2.40 bits per heavy atom. The first-order valence-electron chi connectivity index (χ1n) is 8.05. The third-order valence-corrected chi connectivity index (χ3v) is 3.98. The van der Waals surface area contributed by atoms with Crippen LogP contribution in [0.1, 0.15) is 33.6 Å². The number of methoxy groups -OCH3 is 2. The van der Waals surface area contributed by atoms with Crippen LogP contribution in [0, 0.1) is 0 Å². The van der Waals surface area contributed by atoms with Crippen molar-refractivity contribution in [1.29, 1.82) is 0 Å². The van der Waals surface area contributed by atoms with Gasteiger partial charge < -0.3 is 20.1 Å². The molecule has 2 N–H and O–H groups in total. The zero-order valence-electron chi connectivity index (χ0n) is 14.2. The van der Waals surface area contributed by atoms with E-state index in [0.29, 0.717) is 28.3 Å². The number of para-hydroxylation sites is 1. The van der Waals surface area contributed by atoms with Gasteiger partial charge in [-0.1, -0.05) is 12.1 Å². The minimum Gasteiger partial charge on any atom is -0.497 e. The molecule has 1 aliphatic rings. The van der Waals surface area contributed by atoms with Crippen LogP contribution in [-0.2, 0) is 0 Å². The molecule has 6 heteroatoms. The topological polar surface area (TPSA) is 76.7 Å². The van der Waals surface area contributed by atoms with Crippen molar-refractivity contribution in [3.8, 4) is 11.5 Å². The lowest BCUT2D eigenvalue weighted by Gasteiger charge is -2.13. The number of hydrogen-bond acceptors (Lipinski definition) is 4. The number of hydrogen-bond donors (Lipinski definition) is 2. The second-order valence-corrected chi connectivity index (χ2v) is 5.81. The molecule has 0 aliphatic heterocycles. The van der Waals surface area contributed by atoms with E-state index in [2.05, 4.69) is 10.6 Å². The smallest absolute Gasteiger partial charge is 0.259 e. The van der Waals surface area contributed by atoms with Gasteiger partial charge in [0.2, 0.25) is 0 Å². The highest BCUT2D eigenvalue weighted by Crippen LogP contribution is 2.26. The molecular formula is C19H20N2O4. The summed E-state index contributed by atoms with van der Waals surface area (Å²) in [6.07, 6.45) is 2.00. The number of ether oxygens (including phenoxy) is 2. The lowest BCUT2D eigenvalue weighted by atomic mass is 10.1. The fourth-order valence-corrected chi connectivity index (χ4v) is 2.46. The van der Waals surface area contributed by atoms with E-state index in [1.807, 2.05) is 0 Å². The van der Waals surface area contributed by atoms with E-state index in [0.717, 1.165) is 12.8 Å². The normalized spacial score (nSPS) is 13.0. The molecule has 0 saturated heterocycles. The molecule has 0 unspecified atom stereocenters. The van der Waals surface area contributed by atoms with Gasteiger partial charge in [0.15, 0.2) is 0 Å². The fourth-order valence-electron chi connectivity index (χ4n) is 2.46. The molecule has 130 valence electrons. The van der Waals surface area contributed by atoms with E-state index in [4.69, 9.17) is 9.47 Å². The summed E-state index contributed by atoms with van der Waals surface area (Å²) in [5.41, 5.74) is 1.22. The second-order valence-electron chi connectivity index (χ2n) is 5.81. The summed E-state index contributed by atoms with van der Waals surface area (Å²) in [6, 6.07) is 12.2. The highest BCUT2D eigenvalue weighted by Gasteiger charge is 2.25. The molecule has 1 saturated carbocycles. The molecule has 0 spiro atoms.